The molecule has 0 saturated carbocycles. The van der Waals surface area contributed by atoms with E-state index in [0.717, 1.165) is 16.5 Å². The smallest absolute Gasteiger partial charge is 0.295 e. The third kappa shape index (κ3) is 3.79. The first-order valence-electron chi connectivity index (χ1n) is 10.5. The number of Topliss-reactive ketones (excluding diaryl/α,β-unsaturated/α-hetero) is 1. The summed E-state index contributed by atoms with van der Waals surface area (Å²) < 4.78 is 0. The van der Waals surface area contributed by atoms with Crippen molar-refractivity contribution in [2.45, 2.75) is 12.5 Å². The van der Waals surface area contributed by atoms with E-state index in [2.05, 4.69) is 9.97 Å². The lowest BCUT2D eigenvalue weighted by atomic mass is 9.98. The molecule has 3 heterocycles. The Hall–Kier alpha value is -3.90. The number of carbonyl (C=O) groups excluding carboxylic acids is 2. The van der Waals surface area contributed by atoms with Gasteiger partial charge in [-0.1, -0.05) is 35.9 Å². The molecule has 0 bridgehead atoms. The van der Waals surface area contributed by atoms with Gasteiger partial charge < -0.3 is 15.0 Å². The second-order valence-electron chi connectivity index (χ2n) is 7.86. The van der Waals surface area contributed by atoms with Crippen LogP contribution in [0.5, 0.6) is 0 Å². The zero-order valence-corrected chi connectivity index (χ0v) is 18.3. The molecular weight excluding hydrogens is 438 g/mol. The summed E-state index contributed by atoms with van der Waals surface area (Å²) in [6.07, 6.45) is 4.07. The number of para-hydroxylation sites is 1. The van der Waals surface area contributed by atoms with Crippen molar-refractivity contribution in [2.75, 3.05) is 6.54 Å². The molecule has 164 valence electrons. The van der Waals surface area contributed by atoms with Crippen LogP contribution in [0.15, 0.2) is 84.7 Å². The molecule has 2 N–H and O–H groups in total. The van der Waals surface area contributed by atoms with E-state index in [1.54, 1.807) is 48.7 Å². The number of carbonyl (C=O) groups is 2. The fourth-order valence-electron chi connectivity index (χ4n) is 4.30. The number of rotatable bonds is 5. The number of aliphatic hydroxyl groups is 1. The largest absolute Gasteiger partial charge is 0.507 e. The van der Waals surface area contributed by atoms with Crippen molar-refractivity contribution in [3.05, 3.63) is 107 Å². The fraction of sp³-hybridized carbons (Fsp3) is 0.115. The van der Waals surface area contributed by atoms with Gasteiger partial charge in [0.2, 0.25) is 0 Å². The number of nitrogens with zero attached hydrogens (tertiary/aromatic N) is 2. The van der Waals surface area contributed by atoms with Crippen LogP contribution in [0.4, 0.5) is 0 Å². The van der Waals surface area contributed by atoms with Gasteiger partial charge in [-0.15, -0.1) is 0 Å². The van der Waals surface area contributed by atoms with Crippen LogP contribution in [-0.4, -0.2) is 38.2 Å². The minimum absolute atomic E-state index is 0.0277. The molecule has 1 unspecified atom stereocenters. The monoisotopic (exact) mass is 457 g/mol. The average Bonchev–Trinajstić information content (AvgIpc) is 3.37. The van der Waals surface area contributed by atoms with E-state index in [9.17, 15) is 14.7 Å². The van der Waals surface area contributed by atoms with E-state index in [1.807, 2.05) is 30.5 Å². The van der Waals surface area contributed by atoms with Gasteiger partial charge in [-0.05, 0) is 54.4 Å². The Kier molecular flexibility index (Phi) is 5.44. The number of amides is 1. The van der Waals surface area contributed by atoms with Gasteiger partial charge in [0.25, 0.3) is 11.7 Å². The average molecular weight is 458 g/mol. The second-order valence-corrected chi connectivity index (χ2v) is 8.30. The number of likely N-dealkylation sites (tertiary alicyclic amines) is 1. The van der Waals surface area contributed by atoms with Gasteiger partial charge >= 0.3 is 0 Å². The number of ketones is 1. The van der Waals surface area contributed by atoms with Crippen molar-refractivity contribution in [1.82, 2.24) is 14.9 Å². The predicted octanol–water partition coefficient (Wildman–Crippen LogP) is 4.88. The number of aliphatic hydroxyl groups excluding tert-OH is 1. The van der Waals surface area contributed by atoms with Crippen LogP contribution in [0.3, 0.4) is 0 Å². The first kappa shape index (κ1) is 21.0. The molecule has 4 aromatic rings. The summed E-state index contributed by atoms with van der Waals surface area (Å²) in [6.45, 7) is 0.297. The van der Waals surface area contributed by atoms with Gasteiger partial charge in [-0.3, -0.25) is 14.6 Å². The maximum Gasteiger partial charge on any atom is 0.295 e. The summed E-state index contributed by atoms with van der Waals surface area (Å²) in [6, 6.07) is 18.9. The van der Waals surface area contributed by atoms with Crippen LogP contribution in [0, 0.1) is 0 Å². The van der Waals surface area contributed by atoms with Gasteiger partial charge in [0.1, 0.15) is 11.8 Å². The summed E-state index contributed by atoms with van der Waals surface area (Å²) in [7, 11) is 0. The van der Waals surface area contributed by atoms with Gasteiger partial charge in [0.05, 0.1) is 11.3 Å². The maximum absolute atomic E-state index is 13.1. The van der Waals surface area contributed by atoms with Gasteiger partial charge in [-0.2, -0.15) is 0 Å². The Morgan fingerprint density at radius 2 is 1.79 bits per heavy atom. The summed E-state index contributed by atoms with van der Waals surface area (Å²) in [5.41, 5.74) is 3.02. The van der Waals surface area contributed by atoms with E-state index in [1.165, 1.54) is 4.90 Å². The molecule has 7 heteroatoms. The summed E-state index contributed by atoms with van der Waals surface area (Å²) in [5.74, 6) is -1.62. The Balaban J connectivity index is 1.55. The molecule has 1 aliphatic rings. The maximum atomic E-state index is 13.1. The third-order valence-corrected chi connectivity index (χ3v) is 6.17. The highest BCUT2D eigenvalue weighted by Crippen LogP contribution is 2.38. The van der Waals surface area contributed by atoms with Crippen molar-refractivity contribution in [1.29, 1.82) is 0 Å². The molecule has 1 atom stereocenters. The van der Waals surface area contributed by atoms with Gasteiger partial charge in [-0.25, -0.2) is 0 Å². The minimum Gasteiger partial charge on any atom is -0.507 e. The molecule has 0 aliphatic carbocycles. The Morgan fingerprint density at radius 3 is 2.55 bits per heavy atom. The van der Waals surface area contributed by atoms with Crippen molar-refractivity contribution in [2.24, 2.45) is 0 Å². The van der Waals surface area contributed by atoms with E-state index < -0.39 is 17.7 Å². The number of aromatic nitrogens is 2. The highest BCUT2D eigenvalue weighted by molar-refractivity contribution is 6.46. The number of hydrogen-bond donors (Lipinski definition) is 2. The fourth-order valence-corrected chi connectivity index (χ4v) is 4.42. The number of fused-ring (bicyclic) bond motifs is 1. The molecule has 1 amide bonds. The molecular formula is C26H20ClN3O3. The predicted molar refractivity (Wildman–Crippen MR) is 127 cm³/mol. The van der Waals surface area contributed by atoms with Crippen molar-refractivity contribution >= 4 is 40.0 Å². The minimum atomic E-state index is -0.785. The molecule has 33 heavy (non-hydrogen) atoms. The lowest BCUT2D eigenvalue weighted by Gasteiger charge is -2.24. The SMILES string of the molecule is O=C1C(=O)N(CCc2c[nH]c3ccccc23)C(c2ccccn2)C1=C(O)c1ccc(Cl)cc1. The number of benzene rings is 2. The molecule has 1 aliphatic heterocycles. The summed E-state index contributed by atoms with van der Waals surface area (Å²) in [4.78, 5) is 35.3. The lowest BCUT2D eigenvalue weighted by molar-refractivity contribution is -0.139. The van der Waals surface area contributed by atoms with Crippen molar-refractivity contribution in [3.63, 3.8) is 0 Å². The van der Waals surface area contributed by atoms with E-state index in [0.29, 0.717) is 29.2 Å². The van der Waals surface area contributed by atoms with Crippen molar-refractivity contribution < 1.29 is 14.7 Å². The first-order chi connectivity index (χ1) is 16.0. The number of aromatic amines is 1. The molecule has 0 spiro atoms. The van der Waals surface area contributed by atoms with Gasteiger partial charge in [0, 0.05) is 40.4 Å². The number of pyridine rings is 1. The zero-order chi connectivity index (χ0) is 22.9. The molecule has 5 rings (SSSR count). The Bertz CT molecular complexity index is 1380. The number of nitrogens with one attached hydrogen (secondary N) is 1. The third-order valence-electron chi connectivity index (χ3n) is 5.92. The van der Waals surface area contributed by atoms with Crippen LogP contribution < -0.4 is 0 Å². The lowest BCUT2D eigenvalue weighted by Crippen LogP contribution is -2.32. The second kappa shape index (κ2) is 8.56. The topological polar surface area (TPSA) is 86.3 Å². The molecule has 2 aromatic carbocycles. The highest BCUT2D eigenvalue weighted by Gasteiger charge is 2.46. The molecule has 1 saturated heterocycles. The summed E-state index contributed by atoms with van der Waals surface area (Å²) >= 11 is 5.97. The van der Waals surface area contributed by atoms with Crippen LogP contribution in [0.25, 0.3) is 16.7 Å². The molecule has 2 aromatic heterocycles. The Morgan fingerprint density at radius 1 is 1.03 bits per heavy atom. The number of H-pyrrole nitrogens is 1. The standard InChI is InChI=1S/C26H20ClN3O3/c27-18-10-8-16(9-11-18)24(31)22-23(21-7-3-4-13-28-21)30(26(33)25(22)32)14-12-17-15-29-20-6-2-1-5-19(17)20/h1-11,13,15,23,29,31H,12,14H2. The van der Waals surface area contributed by atoms with Crippen LogP contribution in [-0.2, 0) is 16.0 Å². The Labute approximate surface area is 195 Å². The van der Waals surface area contributed by atoms with E-state index >= 15 is 0 Å². The van der Waals surface area contributed by atoms with Crippen molar-refractivity contribution in [3.8, 4) is 0 Å². The van der Waals surface area contributed by atoms with Crippen LogP contribution in [0.2, 0.25) is 5.02 Å². The van der Waals surface area contributed by atoms with E-state index in [4.69, 9.17) is 11.6 Å². The molecule has 6 nitrogen and oxygen atoms in total. The van der Waals surface area contributed by atoms with Crippen LogP contribution in [0.1, 0.15) is 22.9 Å². The van der Waals surface area contributed by atoms with Gasteiger partial charge in [0.15, 0.2) is 0 Å². The molecule has 1 fully saturated rings. The van der Waals surface area contributed by atoms with E-state index in [-0.39, 0.29) is 11.3 Å². The molecule has 0 radical (unpaired) electrons. The summed E-state index contributed by atoms with van der Waals surface area (Å²) in [5, 5.41) is 12.6. The number of halogens is 1. The number of hydrogen-bond acceptors (Lipinski definition) is 4. The highest BCUT2D eigenvalue weighted by atomic mass is 35.5. The normalized spacial score (nSPS) is 17.7. The first-order valence-corrected chi connectivity index (χ1v) is 10.9. The quantitative estimate of drug-likeness (QED) is 0.254. The van der Waals surface area contributed by atoms with Crippen LogP contribution >= 0.6 is 11.6 Å². The zero-order valence-electron chi connectivity index (χ0n) is 17.5.